The Morgan fingerprint density at radius 2 is 2.08 bits per heavy atom. The van der Waals surface area contributed by atoms with Crippen LogP contribution in [0.15, 0.2) is 53.6 Å². The number of carbonyl (C=O) groups is 2. The summed E-state index contributed by atoms with van der Waals surface area (Å²) in [5, 5.41) is 12.2. The van der Waals surface area contributed by atoms with Crippen molar-refractivity contribution in [2.75, 3.05) is 30.9 Å². The van der Waals surface area contributed by atoms with E-state index in [1.807, 2.05) is 31.2 Å². The zero-order chi connectivity index (χ0) is 27.0. The van der Waals surface area contributed by atoms with Crippen molar-refractivity contribution >= 4 is 51.8 Å². The van der Waals surface area contributed by atoms with Crippen molar-refractivity contribution < 1.29 is 18.4 Å². The minimum Gasteiger partial charge on any atom is -0.364 e. The standard InChI is InChI=1S/C28H25F2N5O2S/c1-17(19-4-6-24-25(11-19)38-16-34(24)2)9-18-3-5-23-22(10-18)21(7-8-32-23)27(37)33-14-26(36)35-15-28(29,30)12-20(35)13-31/h3-11,20H,12,14-16H2,1-2H3,(H,33,37)/b17-9+/t20-/m0/s1. The van der Waals surface area contributed by atoms with E-state index in [1.165, 1.54) is 16.8 Å². The van der Waals surface area contributed by atoms with Crippen LogP contribution in [0.4, 0.5) is 14.5 Å². The Hall–Kier alpha value is -3.97. The Morgan fingerprint density at radius 3 is 2.87 bits per heavy atom. The van der Waals surface area contributed by atoms with E-state index in [2.05, 4.69) is 40.4 Å². The van der Waals surface area contributed by atoms with Crippen LogP contribution in [-0.2, 0) is 4.79 Å². The van der Waals surface area contributed by atoms with Gasteiger partial charge < -0.3 is 15.1 Å². The number of fused-ring (bicyclic) bond motifs is 2. The number of thioether (sulfide) groups is 1. The zero-order valence-electron chi connectivity index (χ0n) is 20.9. The average Bonchev–Trinajstić information content (AvgIpc) is 3.44. The highest BCUT2D eigenvalue weighted by molar-refractivity contribution is 7.99. The number of aromatic nitrogens is 1. The number of hydrogen-bond donors (Lipinski definition) is 1. The highest BCUT2D eigenvalue weighted by Gasteiger charge is 2.47. The molecule has 10 heteroatoms. The summed E-state index contributed by atoms with van der Waals surface area (Å²) in [4.78, 5) is 34.1. The zero-order valence-corrected chi connectivity index (χ0v) is 21.7. The first-order chi connectivity index (χ1) is 18.1. The molecule has 0 radical (unpaired) electrons. The molecule has 1 saturated heterocycles. The molecular weight excluding hydrogens is 508 g/mol. The van der Waals surface area contributed by atoms with Crippen molar-refractivity contribution in [3.8, 4) is 6.07 Å². The van der Waals surface area contributed by atoms with Gasteiger partial charge in [0.1, 0.15) is 6.04 Å². The monoisotopic (exact) mass is 533 g/mol. The van der Waals surface area contributed by atoms with Crippen molar-refractivity contribution in [2.45, 2.75) is 30.2 Å². The topological polar surface area (TPSA) is 89.3 Å². The van der Waals surface area contributed by atoms with Crippen molar-refractivity contribution in [3.05, 3.63) is 65.4 Å². The number of benzene rings is 2. The molecule has 2 aliphatic rings. The van der Waals surface area contributed by atoms with Gasteiger partial charge in [-0.15, -0.1) is 11.8 Å². The van der Waals surface area contributed by atoms with Crippen molar-refractivity contribution in [2.24, 2.45) is 0 Å². The van der Waals surface area contributed by atoms with Gasteiger partial charge in [-0.05, 0) is 54.0 Å². The number of pyridine rings is 1. The number of carbonyl (C=O) groups excluding carboxylic acids is 2. The SMILES string of the molecule is C/C(=C\c1ccc2nccc(C(=O)NCC(=O)N3CC(F)(F)C[C@H]3C#N)c2c1)c1ccc2c(c1)SCN2C. The van der Waals surface area contributed by atoms with E-state index >= 15 is 0 Å². The molecule has 3 aromatic rings. The lowest BCUT2D eigenvalue weighted by molar-refractivity contribution is -0.131. The quantitative estimate of drug-likeness (QED) is 0.475. The molecule has 0 spiro atoms. The number of anilines is 1. The lowest BCUT2D eigenvalue weighted by Crippen LogP contribution is -2.43. The number of nitriles is 1. The summed E-state index contributed by atoms with van der Waals surface area (Å²) < 4.78 is 27.4. The largest absolute Gasteiger partial charge is 0.364 e. The number of nitrogens with zero attached hydrogens (tertiary/aromatic N) is 4. The Morgan fingerprint density at radius 1 is 1.26 bits per heavy atom. The van der Waals surface area contributed by atoms with Crippen LogP contribution in [-0.4, -0.2) is 59.7 Å². The molecule has 38 heavy (non-hydrogen) atoms. The number of nitrogens with one attached hydrogen (secondary N) is 1. The fourth-order valence-corrected chi connectivity index (χ4v) is 5.81. The van der Waals surface area contributed by atoms with Gasteiger partial charge in [0.2, 0.25) is 5.91 Å². The van der Waals surface area contributed by atoms with E-state index in [-0.39, 0.29) is 0 Å². The van der Waals surface area contributed by atoms with Crippen LogP contribution in [0.25, 0.3) is 22.6 Å². The van der Waals surface area contributed by atoms with E-state index in [0.29, 0.717) is 16.5 Å². The fraction of sp³-hybridized carbons (Fsp3) is 0.286. The molecule has 0 bridgehead atoms. The Labute approximate surface area is 223 Å². The maximum atomic E-state index is 13.7. The summed E-state index contributed by atoms with van der Waals surface area (Å²) >= 11 is 1.80. The molecular formula is C28H25F2N5O2S. The molecule has 0 saturated carbocycles. The smallest absolute Gasteiger partial charge is 0.268 e. The van der Waals surface area contributed by atoms with Crippen LogP contribution >= 0.6 is 11.8 Å². The minimum atomic E-state index is -3.11. The number of halogens is 2. The average molecular weight is 534 g/mol. The molecule has 194 valence electrons. The Bertz CT molecular complexity index is 1520. The highest BCUT2D eigenvalue weighted by atomic mass is 32.2. The van der Waals surface area contributed by atoms with Gasteiger partial charge in [0.15, 0.2) is 0 Å². The molecule has 0 aliphatic carbocycles. The van der Waals surface area contributed by atoms with Gasteiger partial charge >= 0.3 is 0 Å². The van der Waals surface area contributed by atoms with Crippen molar-refractivity contribution in [1.29, 1.82) is 5.26 Å². The summed E-state index contributed by atoms with van der Waals surface area (Å²) in [6, 6.07) is 14.1. The van der Waals surface area contributed by atoms with Gasteiger partial charge in [-0.3, -0.25) is 14.6 Å². The summed E-state index contributed by atoms with van der Waals surface area (Å²) in [6.07, 6.45) is 2.85. The molecule has 1 atom stereocenters. The molecule has 0 unspecified atom stereocenters. The third-order valence-corrected chi connectivity index (χ3v) is 7.93. The molecule has 2 amide bonds. The third kappa shape index (κ3) is 5.07. The van der Waals surface area contributed by atoms with Crippen LogP contribution in [0.1, 0.15) is 34.8 Å². The van der Waals surface area contributed by atoms with Gasteiger partial charge in [0, 0.05) is 29.9 Å². The summed E-state index contributed by atoms with van der Waals surface area (Å²) in [7, 11) is 2.07. The number of amides is 2. The summed E-state index contributed by atoms with van der Waals surface area (Å²) in [5.74, 6) is -3.43. The van der Waals surface area contributed by atoms with Gasteiger partial charge in [0.05, 0.1) is 41.8 Å². The molecule has 5 rings (SSSR count). The van der Waals surface area contributed by atoms with E-state index in [4.69, 9.17) is 5.26 Å². The number of hydrogen-bond acceptors (Lipinski definition) is 6. The number of rotatable bonds is 5. The predicted octanol–water partition coefficient (Wildman–Crippen LogP) is 4.78. The first kappa shape index (κ1) is 25.7. The summed E-state index contributed by atoms with van der Waals surface area (Å²) in [6.45, 7) is 0.724. The van der Waals surface area contributed by atoms with Gasteiger partial charge in [-0.2, -0.15) is 5.26 Å². The molecule has 1 fully saturated rings. The van der Waals surface area contributed by atoms with Crippen molar-refractivity contribution in [1.82, 2.24) is 15.2 Å². The van der Waals surface area contributed by atoms with Gasteiger partial charge in [-0.25, -0.2) is 8.78 Å². The highest BCUT2D eigenvalue weighted by Crippen LogP contribution is 2.39. The molecule has 2 aromatic carbocycles. The van der Waals surface area contributed by atoms with E-state index < -0.39 is 43.3 Å². The second-order valence-corrected chi connectivity index (χ2v) is 10.5. The van der Waals surface area contributed by atoms with Gasteiger partial charge in [-0.1, -0.05) is 18.2 Å². The summed E-state index contributed by atoms with van der Waals surface area (Å²) in [5.41, 5.74) is 5.21. The maximum Gasteiger partial charge on any atom is 0.268 e. The third-order valence-electron chi connectivity index (χ3n) is 6.77. The lowest BCUT2D eigenvalue weighted by atomic mass is 10.0. The van der Waals surface area contributed by atoms with E-state index in [0.717, 1.165) is 27.5 Å². The lowest BCUT2D eigenvalue weighted by Gasteiger charge is -2.19. The Balaban J connectivity index is 1.35. The fourth-order valence-electron chi connectivity index (χ4n) is 4.76. The normalized spacial score (nSPS) is 18.4. The first-order valence-corrected chi connectivity index (χ1v) is 13.0. The van der Waals surface area contributed by atoms with Crippen LogP contribution in [0.3, 0.4) is 0 Å². The van der Waals surface area contributed by atoms with Crippen LogP contribution in [0.2, 0.25) is 0 Å². The maximum absolute atomic E-state index is 13.7. The second-order valence-electron chi connectivity index (χ2n) is 9.53. The molecule has 7 nitrogen and oxygen atoms in total. The van der Waals surface area contributed by atoms with Crippen LogP contribution < -0.4 is 10.2 Å². The van der Waals surface area contributed by atoms with E-state index in [9.17, 15) is 18.4 Å². The minimum absolute atomic E-state index is 0.316. The molecule has 1 aromatic heterocycles. The van der Waals surface area contributed by atoms with Crippen LogP contribution in [0.5, 0.6) is 0 Å². The predicted molar refractivity (Wildman–Crippen MR) is 144 cm³/mol. The molecule has 2 aliphatic heterocycles. The number of alkyl halides is 2. The first-order valence-electron chi connectivity index (χ1n) is 12.1. The van der Waals surface area contributed by atoms with Crippen LogP contribution in [0, 0.1) is 11.3 Å². The Kier molecular flexibility index (Phi) is 6.80. The number of likely N-dealkylation sites (tertiary alicyclic amines) is 1. The van der Waals surface area contributed by atoms with E-state index in [1.54, 1.807) is 23.9 Å². The molecule has 1 N–H and O–H groups in total. The second kappa shape index (κ2) is 10.1. The molecule has 3 heterocycles. The van der Waals surface area contributed by atoms with Gasteiger partial charge in [0.25, 0.3) is 11.8 Å². The number of allylic oxidation sites excluding steroid dienone is 1. The van der Waals surface area contributed by atoms with Crippen molar-refractivity contribution in [3.63, 3.8) is 0 Å².